The van der Waals surface area contributed by atoms with Crippen LogP contribution in [0.4, 0.5) is 18.9 Å². The lowest BCUT2D eigenvalue weighted by atomic mass is 9.52. The number of rotatable bonds is 6. The fourth-order valence-corrected chi connectivity index (χ4v) is 7.26. The van der Waals surface area contributed by atoms with Gasteiger partial charge in [0, 0.05) is 17.2 Å². The van der Waals surface area contributed by atoms with Gasteiger partial charge in [-0.3, -0.25) is 14.3 Å². The Balaban J connectivity index is 1.53. The monoisotopic (exact) mass is 574 g/mol. The van der Waals surface area contributed by atoms with Crippen molar-refractivity contribution < 1.29 is 36.8 Å². The number of alkyl halides is 3. The number of fused-ring (bicyclic) bond motifs is 3. The maximum Gasteiger partial charge on any atom is 0.470 e. The number of aryl methyl sites for hydroxylation is 2. The van der Waals surface area contributed by atoms with Crippen LogP contribution in [-0.4, -0.2) is 32.5 Å². The molecule has 1 saturated carbocycles. The van der Waals surface area contributed by atoms with Crippen molar-refractivity contribution in [3.8, 4) is 0 Å². The highest BCUT2D eigenvalue weighted by Crippen LogP contribution is 2.61. The van der Waals surface area contributed by atoms with Gasteiger partial charge < -0.3 is 15.1 Å². The van der Waals surface area contributed by atoms with Gasteiger partial charge in [0.15, 0.2) is 5.60 Å². The standard InChI is InChI=1S/C29H30F3N2O5P/c1-19-25(8-5-15-33-19)34-26(35)22-10-12-24-21(16-22)9-11-23-18-28(29(30,31)32,39-40(36,37)38)14-13-27(23,24)17-20-6-3-2-4-7-20/h2-8,10,12,15-16,23H,9,11,13-14,17-18H2,1H3,(H,34,35)(H2,36,37,38)/t23-,27-,28+/m0/s1. The number of carbonyl (C=O) groups is 1. The van der Waals surface area contributed by atoms with Crippen molar-refractivity contribution in [3.05, 3.63) is 94.8 Å². The summed E-state index contributed by atoms with van der Waals surface area (Å²) in [4.78, 5) is 36.1. The van der Waals surface area contributed by atoms with E-state index in [0.717, 1.165) is 16.7 Å². The lowest BCUT2D eigenvalue weighted by Gasteiger charge is -2.54. The van der Waals surface area contributed by atoms with Crippen molar-refractivity contribution in [2.24, 2.45) is 5.92 Å². The van der Waals surface area contributed by atoms with Crippen molar-refractivity contribution in [2.45, 2.75) is 62.6 Å². The molecule has 2 aromatic carbocycles. The van der Waals surface area contributed by atoms with E-state index < -0.39 is 43.8 Å². The molecule has 1 heterocycles. The van der Waals surface area contributed by atoms with E-state index in [1.165, 1.54) is 0 Å². The second-order valence-electron chi connectivity index (χ2n) is 10.8. The summed E-state index contributed by atoms with van der Waals surface area (Å²) in [6.07, 6.45) is -3.23. The number of carbonyl (C=O) groups excluding carboxylic acids is 1. The Kier molecular flexibility index (Phi) is 7.42. The number of amides is 1. The predicted molar refractivity (Wildman–Crippen MR) is 143 cm³/mol. The summed E-state index contributed by atoms with van der Waals surface area (Å²) in [7, 11) is -5.42. The second kappa shape index (κ2) is 10.4. The maximum absolute atomic E-state index is 14.4. The van der Waals surface area contributed by atoms with E-state index in [0.29, 0.717) is 36.2 Å². The Morgan fingerprint density at radius 1 is 1.12 bits per heavy atom. The van der Waals surface area contributed by atoms with E-state index in [2.05, 4.69) is 14.8 Å². The zero-order chi connectivity index (χ0) is 28.8. The van der Waals surface area contributed by atoms with Crippen LogP contribution in [0, 0.1) is 12.8 Å². The number of anilines is 1. The fraction of sp³-hybridized carbons (Fsp3) is 0.379. The number of nitrogens with one attached hydrogen (secondary N) is 1. The molecule has 0 saturated heterocycles. The quantitative estimate of drug-likeness (QED) is 0.299. The average Bonchev–Trinajstić information content (AvgIpc) is 2.89. The molecule has 2 aliphatic rings. The minimum absolute atomic E-state index is 0.0134. The molecule has 7 nitrogen and oxygen atoms in total. The molecule has 3 atom stereocenters. The number of hydrogen-bond acceptors (Lipinski definition) is 4. The zero-order valence-corrected chi connectivity index (χ0v) is 22.7. The summed E-state index contributed by atoms with van der Waals surface area (Å²) in [5, 5.41) is 2.87. The van der Waals surface area contributed by atoms with E-state index in [1.54, 1.807) is 37.4 Å². The molecule has 3 N–H and O–H groups in total. The van der Waals surface area contributed by atoms with Gasteiger partial charge in [0.25, 0.3) is 5.91 Å². The fourth-order valence-electron chi connectivity index (χ4n) is 6.53. The van der Waals surface area contributed by atoms with Crippen LogP contribution >= 0.6 is 7.82 Å². The second-order valence-corrected chi connectivity index (χ2v) is 12.0. The van der Waals surface area contributed by atoms with Gasteiger partial charge in [0.1, 0.15) is 0 Å². The zero-order valence-electron chi connectivity index (χ0n) is 21.8. The highest BCUT2D eigenvalue weighted by atomic mass is 31.2. The number of aromatic nitrogens is 1. The molecular weight excluding hydrogens is 544 g/mol. The largest absolute Gasteiger partial charge is 0.470 e. The van der Waals surface area contributed by atoms with Gasteiger partial charge in [-0.15, -0.1) is 0 Å². The molecule has 5 rings (SSSR count). The summed E-state index contributed by atoms with van der Waals surface area (Å²) in [6, 6.07) is 18.3. The Hall–Kier alpha value is -3.04. The topological polar surface area (TPSA) is 109 Å². The number of pyridine rings is 1. The third-order valence-corrected chi connectivity index (χ3v) is 9.01. The van der Waals surface area contributed by atoms with Crippen molar-refractivity contribution in [1.29, 1.82) is 0 Å². The Labute approximate surface area is 230 Å². The number of benzene rings is 2. The normalized spacial score (nSPS) is 24.6. The molecule has 11 heteroatoms. The molecule has 0 unspecified atom stereocenters. The van der Waals surface area contributed by atoms with E-state index in [-0.39, 0.29) is 12.3 Å². The van der Waals surface area contributed by atoms with Crippen LogP contribution in [0.1, 0.15) is 58.4 Å². The molecule has 0 spiro atoms. The van der Waals surface area contributed by atoms with Crippen LogP contribution in [0.25, 0.3) is 0 Å². The minimum atomic E-state index is -5.42. The van der Waals surface area contributed by atoms with Crippen LogP contribution in [0.5, 0.6) is 0 Å². The molecule has 1 aromatic heterocycles. The summed E-state index contributed by atoms with van der Waals surface area (Å²) in [5.41, 5.74) is 0.738. The third kappa shape index (κ3) is 5.46. The summed E-state index contributed by atoms with van der Waals surface area (Å²) in [5.74, 6) is -0.868. The Morgan fingerprint density at radius 2 is 1.88 bits per heavy atom. The molecule has 0 aliphatic heterocycles. The van der Waals surface area contributed by atoms with E-state index in [1.807, 2.05) is 36.4 Å². The lowest BCUT2D eigenvalue weighted by molar-refractivity contribution is -0.272. The van der Waals surface area contributed by atoms with Crippen LogP contribution < -0.4 is 5.32 Å². The summed E-state index contributed by atoms with van der Waals surface area (Å²) < 4.78 is 59.3. The van der Waals surface area contributed by atoms with Crippen LogP contribution in [0.15, 0.2) is 66.9 Å². The lowest BCUT2D eigenvalue weighted by Crippen LogP contribution is -2.57. The molecule has 0 bridgehead atoms. The van der Waals surface area contributed by atoms with Crippen LogP contribution in [0.3, 0.4) is 0 Å². The van der Waals surface area contributed by atoms with E-state index >= 15 is 0 Å². The van der Waals surface area contributed by atoms with Crippen molar-refractivity contribution in [1.82, 2.24) is 4.98 Å². The molecule has 0 radical (unpaired) electrons. The smallest absolute Gasteiger partial charge is 0.320 e. The molecule has 212 valence electrons. The van der Waals surface area contributed by atoms with Gasteiger partial charge in [-0.25, -0.2) is 4.57 Å². The van der Waals surface area contributed by atoms with Crippen molar-refractivity contribution in [3.63, 3.8) is 0 Å². The van der Waals surface area contributed by atoms with Crippen LogP contribution in [0.2, 0.25) is 0 Å². The van der Waals surface area contributed by atoms with Gasteiger partial charge in [0.2, 0.25) is 0 Å². The van der Waals surface area contributed by atoms with Gasteiger partial charge in [-0.1, -0.05) is 36.4 Å². The number of phosphoric acid groups is 1. The van der Waals surface area contributed by atoms with E-state index in [4.69, 9.17) is 0 Å². The van der Waals surface area contributed by atoms with Gasteiger partial charge in [0.05, 0.1) is 11.4 Å². The van der Waals surface area contributed by atoms with E-state index in [9.17, 15) is 32.3 Å². The van der Waals surface area contributed by atoms with Gasteiger partial charge in [-0.2, -0.15) is 13.2 Å². The number of halogens is 3. The first-order valence-corrected chi connectivity index (χ1v) is 14.6. The number of nitrogens with zero attached hydrogens (tertiary/aromatic N) is 1. The molecule has 2 aliphatic carbocycles. The number of phosphoric ester groups is 1. The summed E-state index contributed by atoms with van der Waals surface area (Å²) >= 11 is 0. The first kappa shape index (κ1) is 28.5. The third-order valence-electron chi connectivity index (χ3n) is 8.43. The highest BCUT2D eigenvalue weighted by Gasteiger charge is 2.65. The molecule has 1 fully saturated rings. The summed E-state index contributed by atoms with van der Waals surface area (Å²) in [6.45, 7) is 1.79. The van der Waals surface area contributed by atoms with Gasteiger partial charge >= 0.3 is 14.0 Å². The Morgan fingerprint density at radius 3 is 2.55 bits per heavy atom. The molecule has 40 heavy (non-hydrogen) atoms. The molecule has 1 amide bonds. The SMILES string of the molecule is Cc1ncccc1NC(=O)c1ccc2c(c1)CC[C@H]1C[C@@](OP(=O)(O)O)(C(F)(F)F)CC[C@@]21Cc1ccccc1. The number of hydrogen-bond donors (Lipinski definition) is 3. The minimum Gasteiger partial charge on any atom is -0.320 e. The Bertz CT molecular complexity index is 1460. The first-order valence-electron chi connectivity index (χ1n) is 13.1. The molecule has 3 aromatic rings. The van der Waals surface area contributed by atoms with Crippen molar-refractivity contribution in [2.75, 3.05) is 5.32 Å². The van der Waals surface area contributed by atoms with Crippen LogP contribution in [-0.2, 0) is 27.3 Å². The maximum atomic E-state index is 14.4. The predicted octanol–water partition coefficient (Wildman–Crippen LogP) is 6.28. The average molecular weight is 575 g/mol. The van der Waals surface area contributed by atoms with Crippen molar-refractivity contribution >= 4 is 19.4 Å². The van der Waals surface area contributed by atoms with Gasteiger partial charge in [-0.05, 0) is 92.3 Å². The first-order chi connectivity index (χ1) is 18.8. The highest BCUT2D eigenvalue weighted by molar-refractivity contribution is 7.46. The molecular formula is C29H30F3N2O5P.